The van der Waals surface area contributed by atoms with Crippen LogP contribution in [0.1, 0.15) is 37.3 Å². The van der Waals surface area contributed by atoms with Crippen LogP contribution < -0.4 is 5.73 Å². The summed E-state index contributed by atoms with van der Waals surface area (Å²) in [6, 6.07) is 4.74. The molecule has 3 nitrogen and oxygen atoms in total. The quantitative estimate of drug-likeness (QED) is 0.626. The molecule has 0 fully saturated rings. The summed E-state index contributed by atoms with van der Waals surface area (Å²) in [7, 11) is 1.55. The van der Waals surface area contributed by atoms with Crippen LogP contribution in [0.15, 0.2) is 50.7 Å². The Labute approximate surface area is 145 Å². The second-order valence-electron chi connectivity index (χ2n) is 5.77. The van der Waals surface area contributed by atoms with Gasteiger partial charge in [0.05, 0.1) is 0 Å². The van der Waals surface area contributed by atoms with Gasteiger partial charge >= 0.3 is 0 Å². The van der Waals surface area contributed by atoms with E-state index in [0.717, 1.165) is 5.71 Å². The van der Waals surface area contributed by atoms with E-state index in [1.807, 2.05) is 0 Å². The number of amidine groups is 1. The van der Waals surface area contributed by atoms with Crippen LogP contribution in [0.4, 0.5) is 8.78 Å². The van der Waals surface area contributed by atoms with Crippen molar-refractivity contribution in [1.29, 1.82) is 0 Å². The zero-order chi connectivity index (χ0) is 17.9. The molecule has 24 heavy (non-hydrogen) atoms. The predicted octanol–water partition coefficient (Wildman–Crippen LogP) is 4.63. The van der Waals surface area contributed by atoms with E-state index in [2.05, 4.69) is 9.98 Å². The van der Waals surface area contributed by atoms with E-state index < -0.39 is 17.6 Å². The highest BCUT2D eigenvalue weighted by Gasteiger charge is 2.29. The summed E-state index contributed by atoms with van der Waals surface area (Å²) in [5, 5.41) is 0.372. The van der Waals surface area contributed by atoms with Gasteiger partial charge in [-0.05, 0) is 38.0 Å². The van der Waals surface area contributed by atoms with E-state index in [1.165, 1.54) is 12.1 Å². The Bertz CT molecular complexity index is 760. The van der Waals surface area contributed by atoms with Crippen molar-refractivity contribution < 1.29 is 8.78 Å². The van der Waals surface area contributed by atoms with E-state index in [0.29, 0.717) is 34.0 Å². The molecular formula is C18H20ClF2N3. The second-order valence-corrected chi connectivity index (χ2v) is 6.26. The Morgan fingerprint density at radius 3 is 2.58 bits per heavy atom. The molecule has 2 N–H and O–H groups in total. The molecule has 0 radical (unpaired) electrons. The Balaban J connectivity index is 2.57. The second kappa shape index (κ2) is 7.81. The summed E-state index contributed by atoms with van der Waals surface area (Å²) in [5.74, 6) is -1.07. The number of nitrogens with zero attached hydrogens (tertiary/aromatic N) is 2. The van der Waals surface area contributed by atoms with E-state index in [9.17, 15) is 8.78 Å². The smallest absolute Gasteiger partial charge is 0.153 e. The molecule has 2 rings (SSSR count). The molecule has 1 atom stereocenters. The van der Waals surface area contributed by atoms with Crippen LogP contribution in [0.3, 0.4) is 0 Å². The molecule has 0 aromatic heterocycles. The van der Waals surface area contributed by atoms with Crippen molar-refractivity contribution in [3.05, 3.63) is 57.7 Å². The van der Waals surface area contributed by atoms with Gasteiger partial charge in [-0.15, -0.1) is 0 Å². The van der Waals surface area contributed by atoms with Crippen molar-refractivity contribution in [1.82, 2.24) is 0 Å². The monoisotopic (exact) mass is 351 g/mol. The largest absolute Gasteiger partial charge is 0.326 e. The van der Waals surface area contributed by atoms with Gasteiger partial charge in [0, 0.05) is 41.4 Å². The number of allylic oxidation sites excluding steroid dienone is 3. The maximum atomic E-state index is 14.6. The SMILES string of the molecule is CN=C(N=C(C)C)C1=C(F)C=C(Cl)CC1c1ccc(CN)c(F)c1. The lowest BCUT2D eigenvalue weighted by atomic mass is 9.83. The van der Waals surface area contributed by atoms with Gasteiger partial charge in [-0.3, -0.25) is 4.99 Å². The zero-order valence-electron chi connectivity index (χ0n) is 13.9. The maximum Gasteiger partial charge on any atom is 0.153 e. The molecular weight excluding hydrogens is 332 g/mol. The third-order valence-electron chi connectivity index (χ3n) is 3.77. The Kier molecular flexibility index (Phi) is 6.02. The molecule has 6 heteroatoms. The summed E-state index contributed by atoms with van der Waals surface area (Å²) in [5.41, 5.74) is 7.60. The lowest BCUT2D eigenvalue weighted by Crippen LogP contribution is -2.17. The van der Waals surface area contributed by atoms with E-state index in [1.54, 1.807) is 33.0 Å². The number of nitrogens with two attached hydrogens (primary N) is 1. The van der Waals surface area contributed by atoms with Gasteiger partial charge in [0.1, 0.15) is 11.6 Å². The Morgan fingerprint density at radius 1 is 1.33 bits per heavy atom. The van der Waals surface area contributed by atoms with Crippen molar-refractivity contribution in [3.63, 3.8) is 0 Å². The van der Waals surface area contributed by atoms with Crippen LogP contribution in [0, 0.1) is 5.82 Å². The number of hydrogen-bond acceptors (Lipinski definition) is 2. The van der Waals surface area contributed by atoms with Crippen LogP contribution in [0.5, 0.6) is 0 Å². The van der Waals surface area contributed by atoms with Crippen LogP contribution in [-0.4, -0.2) is 18.6 Å². The number of rotatable bonds is 3. The topological polar surface area (TPSA) is 50.7 Å². The first kappa shape index (κ1) is 18.5. The minimum atomic E-state index is -0.495. The highest BCUT2D eigenvalue weighted by Crippen LogP contribution is 2.40. The summed E-state index contributed by atoms with van der Waals surface area (Å²) in [4.78, 5) is 8.41. The van der Waals surface area contributed by atoms with Gasteiger partial charge in [-0.2, -0.15) is 0 Å². The van der Waals surface area contributed by atoms with Crippen molar-refractivity contribution in [2.75, 3.05) is 7.05 Å². The molecule has 0 amide bonds. The average molecular weight is 352 g/mol. The summed E-state index contributed by atoms with van der Waals surface area (Å²) >= 11 is 6.07. The van der Waals surface area contributed by atoms with Crippen LogP contribution in [0.25, 0.3) is 0 Å². The van der Waals surface area contributed by atoms with E-state index in [4.69, 9.17) is 17.3 Å². The Morgan fingerprint density at radius 2 is 2.04 bits per heavy atom. The highest BCUT2D eigenvalue weighted by atomic mass is 35.5. The minimum Gasteiger partial charge on any atom is -0.326 e. The number of hydrogen-bond donors (Lipinski definition) is 1. The molecule has 0 aliphatic heterocycles. The van der Waals surface area contributed by atoms with Crippen molar-refractivity contribution >= 4 is 23.1 Å². The summed E-state index contributed by atoms with van der Waals surface area (Å²) in [6.07, 6.45) is 1.63. The van der Waals surface area contributed by atoms with Crippen molar-refractivity contribution in [3.8, 4) is 0 Å². The van der Waals surface area contributed by atoms with Crippen LogP contribution >= 0.6 is 11.6 Å². The summed E-state index contributed by atoms with van der Waals surface area (Å²) < 4.78 is 28.7. The van der Waals surface area contributed by atoms with Crippen LogP contribution in [0.2, 0.25) is 0 Å². The van der Waals surface area contributed by atoms with Crippen molar-refractivity contribution in [2.45, 2.75) is 32.7 Å². The number of benzene rings is 1. The molecule has 1 aliphatic carbocycles. The predicted molar refractivity (Wildman–Crippen MR) is 95.9 cm³/mol. The molecule has 0 heterocycles. The summed E-state index contributed by atoms with van der Waals surface area (Å²) in [6.45, 7) is 3.72. The first-order valence-corrected chi connectivity index (χ1v) is 7.98. The van der Waals surface area contributed by atoms with Gasteiger partial charge in [0.2, 0.25) is 0 Å². The standard InChI is InChI=1S/C18H20ClF2N3/c1-10(2)24-18(23-3)17-14(7-13(19)8-16(17)21)11-4-5-12(9-22)15(20)6-11/h4-6,8,14H,7,9,22H2,1-3H3. The minimum absolute atomic E-state index is 0.107. The lowest BCUT2D eigenvalue weighted by molar-refractivity contribution is 0.600. The first-order chi connectivity index (χ1) is 11.4. The fourth-order valence-electron chi connectivity index (χ4n) is 2.67. The molecule has 1 aliphatic rings. The lowest BCUT2D eigenvalue weighted by Gasteiger charge is -2.24. The fraction of sp³-hybridized carbons (Fsp3) is 0.333. The molecule has 1 aromatic carbocycles. The van der Waals surface area contributed by atoms with Crippen LogP contribution in [-0.2, 0) is 6.54 Å². The normalized spacial score (nSPS) is 18.5. The third-order valence-corrected chi connectivity index (χ3v) is 4.03. The number of aliphatic imine (C=N–C) groups is 2. The molecule has 128 valence electrons. The van der Waals surface area contributed by atoms with E-state index in [-0.39, 0.29) is 6.54 Å². The van der Waals surface area contributed by atoms with Gasteiger partial charge in [-0.25, -0.2) is 13.8 Å². The Hall–Kier alpha value is -1.85. The average Bonchev–Trinajstić information content (AvgIpc) is 2.52. The van der Waals surface area contributed by atoms with Crippen molar-refractivity contribution in [2.24, 2.45) is 15.7 Å². The molecule has 0 bridgehead atoms. The molecule has 0 spiro atoms. The maximum absolute atomic E-state index is 14.6. The molecule has 1 unspecified atom stereocenters. The first-order valence-electron chi connectivity index (χ1n) is 7.60. The molecule has 0 saturated carbocycles. The third kappa shape index (κ3) is 3.97. The highest BCUT2D eigenvalue weighted by molar-refractivity contribution is 6.30. The van der Waals surface area contributed by atoms with Gasteiger partial charge in [-0.1, -0.05) is 23.7 Å². The number of halogens is 3. The van der Waals surface area contributed by atoms with Gasteiger partial charge in [0.25, 0.3) is 0 Å². The van der Waals surface area contributed by atoms with Gasteiger partial charge in [0.15, 0.2) is 5.84 Å². The fourth-order valence-corrected chi connectivity index (χ4v) is 2.92. The van der Waals surface area contributed by atoms with Gasteiger partial charge < -0.3 is 5.73 Å². The van der Waals surface area contributed by atoms with E-state index >= 15 is 0 Å². The zero-order valence-corrected chi connectivity index (χ0v) is 14.7. The molecule has 1 aromatic rings. The molecule has 0 saturated heterocycles.